The van der Waals surface area contributed by atoms with Crippen molar-refractivity contribution in [2.45, 2.75) is 12.2 Å². The molecule has 1 heterocycles. The number of anilines is 1. The molecule has 2 nitrogen and oxygen atoms in total. The van der Waals surface area contributed by atoms with Gasteiger partial charge in [0, 0.05) is 5.25 Å². The first-order valence-corrected chi connectivity index (χ1v) is 5.57. The van der Waals surface area contributed by atoms with Crippen LogP contribution >= 0.6 is 11.8 Å². The maximum atomic E-state index is 13.3. The van der Waals surface area contributed by atoms with E-state index in [9.17, 15) is 13.2 Å². The van der Waals surface area contributed by atoms with Gasteiger partial charge in [0.15, 0.2) is 22.6 Å². The van der Waals surface area contributed by atoms with E-state index in [-0.39, 0.29) is 5.69 Å². The van der Waals surface area contributed by atoms with E-state index in [1.165, 1.54) is 11.8 Å². The van der Waals surface area contributed by atoms with Crippen LogP contribution in [0.4, 0.5) is 18.9 Å². The molecule has 1 aliphatic rings. The molecule has 1 unspecified atom stereocenters. The number of rotatable bonds is 1. The highest BCUT2D eigenvalue weighted by atomic mass is 32.2. The maximum absolute atomic E-state index is 13.3. The molecule has 2 rings (SSSR count). The van der Waals surface area contributed by atoms with Gasteiger partial charge in [-0.1, -0.05) is 18.7 Å². The Bertz CT molecular complexity index is 448. The summed E-state index contributed by atoms with van der Waals surface area (Å²) >= 11 is 1.44. The smallest absolute Gasteiger partial charge is 0.196 e. The lowest BCUT2D eigenvalue weighted by atomic mass is 10.3. The lowest BCUT2D eigenvalue weighted by Gasteiger charge is -2.07. The van der Waals surface area contributed by atoms with Crippen molar-refractivity contribution in [2.24, 2.45) is 4.99 Å². The Morgan fingerprint density at radius 3 is 2.69 bits per heavy atom. The Labute approximate surface area is 95.0 Å². The number of hydrogen-bond acceptors (Lipinski definition) is 3. The monoisotopic (exact) mass is 246 g/mol. The first kappa shape index (κ1) is 11.3. The summed E-state index contributed by atoms with van der Waals surface area (Å²) in [6.45, 7) is 2.61. The fourth-order valence-corrected chi connectivity index (χ4v) is 2.13. The van der Waals surface area contributed by atoms with E-state index in [4.69, 9.17) is 0 Å². The molecule has 0 bridgehead atoms. The average Bonchev–Trinajstić information content (AvgIpc) is 2.65. The zero-order valence-electron chi connectivity index (χ0n) is 8.43. The molecular formula is C10H9F3N2S. The van der Waals surface area contributed by atoms with E-state index >= 15 is 0 Å². The van der Waals surface area contributed by atoms with E-state index in [1.54, 1.807) is 0 Å². The maximum Gasteiger partial charge on any atom is 0.196 e. The van der Waals surface area contributed by atoms with Crippen molar-refractivity contribution in [1.29, 1.82) is 0 Å². The van der Waals surface area contributed by atoms with Crippen LogP contribution in [0.2, 0.25) is 0 Å². The zero-order valence-corrected chi connectivity index (χ0v) is 9.25. The third-order valence-corrected chi connectivity index (χ3v) is 3.09. The number of aliphatic imine (C=N–C) groups is 1. The van der Waals surface area contributed by atoms with Gasteiger partial charge in [0.05, 0.1) is 12.2 Å². The van der Waals surface area contributed by atoms with Gasteiger partial charge in [0.25, 0.3) is 0 Å². The van der Waals surface area contributed by atoms with Gasteiger partial charge < -0.3 is 5.32 Å². The number of amidine groups is 1. The van der Waals surface area contributed by atoms with Gasteiger partial charge >= 0.3 is 0 Å². The molecule has 0 saturated carbocycles. The third-order valence-electron chi connectivity index (χ3n) is 2.08. The van der Waals surface area contributed by atoms with Crippen LogP contribution in [-0.2, 0) is 0 Å². The number of nitrogens with zero attached hydrogens (tertiary/aromatic N) is 1. The second-order valence-electron chi connectivity index (χ2n) is 3.42. The van der Waals surface area contributed by atoms with E-state index in [1.807, 2.05) is 6.92 Å². The number of hydrogen-bond donors (Lipinski definition) is 1. The summed E-state index contributed by atoms with van der Waals surface area (Å²) in [6.07, 6.45) is 0. The molecule has 16 heavy (non-hydrogen) atoms. The first-order chi connectivity index (χ1) is 7.58. The van der Waals surface area contributed by atoms with Crippen LogP contribution in [0, 0.1) is 17.5 Å². The van der Waals surface area contributed by atoms with Crippen LogP contribution in [0.15, 0.2) is 17.1 Å². The van der Waals surface area contributed by atoms with Gasteiger partial charge in [-0.25, -0.2) is 13.2 Å². The van der Waals surface area contributed by atoms with Crippen LogP contribution in [0.3, 0.4) is 0 Å². The summed E-state index contributed by atoms with van der Waals surface area (Å²) in [5, 5.41) is 3.48. The highest BCUT2D eigenvalue weighted by Crippen LogP contribution is 2.25. The number of benzene rings is 1. The molecule has 0 aromatic heterocycles. The van der Waals surface area contributed by atoms with Gasteiger partial charge in [0.2, 0.25) is 0 Å². The second-order valence-corrected chi connectivity index (χ2v) is 4.85. The molecule has 0 radical (unpaired) electrons. The van der Waals surface area contributed by atoms with Crippen molar-refractivity contribution < 1.29 is 13.2 Å². The number of nitrogens with one attached hydrogen (secondary N) is 1. The molecule has 0 fully saturated rings. The average molecular weight is 246 g/mol. The van der Waals surface area contributed by atoms with Crippen molar-refractivity contribution in [3.05, 3.63) is 29.6 Å². The molecular weight excluding hydrogens is 237 g/mol. The molecule has 0 saturated heterocycles. The largest absolute Gasteiger partial charge is 0.332 e. The van der Waals surface area contributed by atoms with Gasteiger partial charge in [0.1, 0.15) is 0 Å². The third kappa shape index (κ3) is 2.16. The Balaban J connectivity index is 2.19. The highest BCUT2D eigenvalue weighted by Gasteiger charge is 2.18. The molecule has 1 atom stereocenters. The molecule has 1 aliphatic heterocycles. The molecule has 6 heteroatoms. The molecule has 0 amide bonds. The normalized spacial score (nSPS) is 19.8. The SMILES string of the molecule is CC1CN=C(Nc2ccc(F)c(F)c2F)S1. The van der Waals surface area contributed by atoms with E-state index < -0.39 is 17.5 Å². The Morgan fingerprint density at radius 2 is 2.06 bits per heavy atom. The van der Waals surface area contributed by atoms with Crippen LogP contribution < -0.4 is 5.32 Å². The minimum atomic E-state index is -1.47. The quantitative estimate of drug-likeness (QED) is 0.770. The van der Waals surface area contributed by atoms with Gasteiger partial charge in [-0.15, -0.1) is 0 Å². The topological polar surface area (TPSA) is 24.4 Å². The molecule has 1 aromatic rings. The van der Waals surface area contributed by atoms with Crippen LogP contribution in [0.5, 0.6) is 0 Å². The molecule has 1 N–H and O–H groups in total. The van der Waals surface area contributed by atoms with E-state index in [2.05, 4.69) is 10.3 Å². The summed E-state index contributed by atoms with van der Waals surface area (Å²) < 4.78 is 38.8. The second kappa shape index (κ2) is 4.37. The lowest BCUT2D eigenvalue weighted by Crippen LogP contribution is -2.09. The van der Waals surface area contributed by atoms with Gasteiger partial charge in [-0.2, -0.15) is 0 Å². The lowest BCUT2D eigenvalue weighted by molar-refractivity contribution is 0.449. The zero-order chi connectivity index (χ0) is 11.7. The minimum Gasteiger partial charge on any atom is -0.332 e. The summed E-state index contributed by atoms with van der Waals surface area (Å²) in [6, 6.07) is 2.03. The van der Waals surface area contributed by atoms with Crippen LogP contribution in [0.25, 0.3) is 0 Å². The standard InChI is InChI=1S/C10H9F3N2S/c1-5-4-14-10(16-5)15-7-3-2-6(11)8(12)9(7)13/h2-3,5H,4H2,1H3,(H,14,15). The van der Waals surface area contributed by atoms with Crippen molar-refractivity contribution in [2.75, 3.05) is 11.9 Å². The fourth-order valence-electron chi connectivity index (χ4n) is 1.28. The van der Waals surface area contributed by atoms with Crippen molar-refractivity contribution in [1.82, 2.24) is 0 Å². The Morgan fingerprint density at radius 1 is 1.31 bits per heavy atom. The summed E-state index contributed by atoms with van der Waals surface area (Å²) in [5.74, 6) is -3.89. The number of thioether (sulfide) groups is 1. The number of halogens is 3. The molecule has 0 aliphatic carbocycles. The first-order valence-electron chi connectivity index (χ1n) is 4.69. The summed E-state index contributed by atoms with van der Waals surface area (Å²) in [5.41, 5.74) is -0.0979. The minimum absolute atomic E-state index is 0.0979. The van der Waals surface area contributed by atoms with E-state index in [0.717, 1.165) is 12.1 Å². The Hall–Kier alpha value is -1.17. The predicted molar refractivity (Wildman–Crippen MR) is 59.3 cm³/mol. The molecule has 1 aromatic carbocycles. The van der Waals surface area contributed by atoms with Gasteiger partial charge in [-0.3, -0.25) is 4.99 Å². The predicted octanol–water partition coefficient (Wildman–Crippen LogP) is 3.01. The Kier molecular flexibility index (Phi) is 3.09. The van der Waals surface area contributed by atoms with Crippen molar-refractivity contribution in [3.63, 3.8) is 0 Å². The van der Waals surface area contributed by atoms with E-state index in [0.29, 0.717) is 17.0 Å². The summed E-state index contributed by atoms with van der Waals surface area (Å²) in [7, 11) is 0. The highest BCUT2D eigenvalue weighted by molar-refractivity contribution is 8.15. The van der Waals surface area contributed by atoms with Crippen LogP contribution in [0.1, 0.15) is 6.92 Å². The van der Waals surface area contributed by atoms with Gasteiger partial charge in [-0.05, 0) is 12.1 Å². The van der Waals surface area contributed by atoms with Crippen molar-refractivity contribution >= 4 is 22.6 Å². The van der Waals surface area contributed by atoms with Crippen LogP contribution in [-0.4, -0.2) is 17.0 Å². The van der Waals surface area contributed by atoms with Crippen molar-refractivity contribution in [3.8, 4) is 0 Å². The molecule has 0 spiro atoms. The fraction of sp³-hybridized carbons (Fsp3) is 0.300. The summed E-state index contributed by atoms with van der Waals surface area (Å²) in [4.78, 5) is 4.09. The molecule has 86 valence electrons.